The first-order valence-corrected chi connectivity index (χ1v) is 10.1. The topological polar surface area (TPSA) is 60.7 Å². The van der Waals surface area contributed by atoms with Crippen LogP contribution in [0.5, 0.6) is 0 Å². The highest BCUT2D eigenvalue weighted by atomic mass is 79.9. The Morgan fingerprint density at radius 3 is 2.52 bits per heavy atom. The van der Waals surface area contributed by atoms with Gasteiger partial charge in [0.1, 0.15) is 0 Å². The van der Waals surface area contributed by atoms with Crippen LogP contribution >= 0.6 is 15.9 Å². The molecule has 4 aliphatic rings. The van der Waals surface area contributed by atoms with Crippen molar-refractivity contribution in [3.63, 3.8) is 0 Å². The van der Waals surface area contributed by atoms with Crippen molar-refractivity contribution in [3.05, 3.63) is 12.2 Å². The Morgan fingerprint density at radius 1 is 1.04 bits per heavy atom. The molecule has 4 rings (SSSR count). The molecule has 3 N–H and O–H groups in total. The second kappa shape index (κ2) is 5.30. The van der Waals surface area contributed by atoms with Crippen molar-refractivity contribution in [2.45, 2.75) is 69.1 Å². The predicted molar refractivity (Wildman–Crippen MR) is 93.1 cm³/mol. The van der Waals surface area contributed by atoms with E-state index in [0.29, 0.717) is 17.8 Å². The van der Waals surface area contributed by atoms with Crippen molar-refractivity contribution in [2.24, 2.45) is 34.5 Å². The minimum atomic E-state index is -0.356. The van der Waals surface area contributed by atoms with E-state index in [-0.39, 0.29) is 39.9 Å². The van der Waals surface area contributed by atoms with Crippen LogP contribution in [0.25, 0.3) is 0 Å². The predicted octanol–water partition coefficient (Wildman–Crippen LogP) is 2.87. The van der Waals surface area contributed by atoms with Gasteiger partial charge in [0.2, 0.25) is 0 Å². The Labute approximate surface area is 147 Å². The van der Waals surface area contributed by atoms with Gasteiger partial charge in [-0.1, -0.05) is 41.9 Å². The maximum atomic E-state index is 11.0. The minimum Gasteiger partial charge on any atom is -0.393 e. The lowest BCUT2D eigenvalue weighted by atomic mass is 9.45. The zero-order valence-electron chi connectivity index (χ0n) is 14.0. The molecule has 0 radical (unpaired) electrons. The van der Waals surface area contributed by atoms with Crippen LogP contribution in [0, 0.1) is 34.5 Å². The highest BCUT2D eigenvalue weighted by Crippen LogP contribution is 2.65. The normalized spacial score (nSPS) is 61.7. The fourth-order valence-corrected chi connectivity index (χ4v) is 7.71. The molecule has 23 heavy (non-hydrogen) atoms. The first-order chi connectivity index (χ1) is 10.8. The Kier molecular flexibility index (Phi) is 3.81. The lowest BCUT2D eigenvalue weighted by Gasteiger charge is -2.60. The van der Waals surface area contributed by atoms with Crippen molar-refractivity contribution < 1.29 is 15.3 Å². The number of aliphatic hydroxyl groups excluding tert-OH is 3. The lowest BCUT2D eigenvalue weighted by molar-refractivity contribution is -0.150. The average molecular weight is 385 g/mol. The van der Waals surface area contributed by atoms with Crippen LogP contribution in [-0.4, -0.2) is 38.5 Å². The van der Waals surface area contributed by atoms with Gasteiger partial charge in [0.25, 0.3) is 0 Å². The third kappa shape index (κ3) is 2.17. The molecule has 0 saturated heterocycles. The summed E-state index contributed by atoms with van der Waals surface area (Å²) in [4.78, 5) is 0.151. The van der Waals surface area contributed by atoms with E-state index in [1.165, 1.54) is 0 Å². The molecule has 4 heteroatoms. The summed E-state index contributed by atoms with van der Waals surface area (Å²) in [7, 11) is 0. The van der Waals surface area contributed by atoms with Crippen LogP contribution < -0.4 is 0 Å². The molecule has 0 aromatic carbocycles. The Morgan fingerprint density at radius 2 is 1.78 bits per heavy atom. The summed E-state index contributed by atoms with van der Waals surface area (Å²) in [5.74, 6) is 1.48. The molecular weight excluding hydrogens is 356 g/mol. The molecule has 0 bridgehead atoms. The molecule has 3 saturated carbocycles. The van der Waals surface area contributed by atoms with Crippen LogP contribution in [0.4, 0.5) is 0 Å². The van der Waals surface area contributed by atoms with E-state index in [0.717, 1.165) is 32.1 Å². The summed E-state index contributed by atoms with van der Waals surface area (Å²) in [6, 6.07) is 0. The van der Waals surface area contributed by atoms with E-state index in [9.17, 15) is 15.3 Å². The number of fused-ring (bicyclic) bond motifs is 5. The fraction of sp³-hybridized carbons (Fsp3) is 0.895. The molecule has 0 amide bonds. The van der Waals surface area contributed by atoms with Crippen LogP contribution in [0.1, 0.15) is 46.0 Å². The standard InChI is InChI=1S/C19H29BrO3/c1-18-5-3-11(21)7-10(18)8-15(22)16-12(18)4-6-19(2)13(16)9-14(20)17(19)23/h3,5,10-17,21-23H,4,6-9H2,1-2H3/t10?,11-,12-,13-,14+,15-,16+,17-,18-,19-/m0/s1. The Bertz CT molecular complexity index is 523. The molecule has 3 fully saturated rings. The largest absolute Gasteiger partial charge is 0.393 e. The van der Waals surface area contributed by atoms with Gasteiger partial charge in [-0.2, -0.15) is 0 Å². The summed E-state index contributed by atoms with van der Waals surface area (Å²) >= 11 is 3.68. The second-order valence-corrected chi connectivity index (χ2v) is 10.2. The van der Waals surface area contributed by atoms with E-state index in [1.54, 1.807) is 0 Å². The molecule has 0 aromatic heterocycles. The van der Waals surface area contributed by atoms with Crippen molar-refractivity contribution in [3.8, 4) is 0 Å². The van der Waals surface area contributed by atoms with Crippen molar-refractivity contribution >= 4 is 15.9 Å². The van der Waals surface area contributed by atoms with Crippen LogP contribution in [-0.2, 0) is 0 Å². The molecule has 0 aromatic rings. The number of rotatable bonds is 0. The van der Waals surface area contributed by atoms with E-state index in [2.05, 4.69) is 35.9 Å². The molecule has 10 atom stereocenters. The molecule has 130 valence electrons. The smallest absolute Gasteiger partial charge is 0.0724 e. The minimum absolute atomic E-state index is 0.0720. The Hall–Kier alpha value is 0.1000. The number of aliphatic hydroxyl groups is 3. The summed E-state index contributed by atoms with van der Waals surface area (Å²) in [6.07, 6.45) is 7.88. The van der Waals surface area contributed by atoms with Gasteiger partial charge in [0.15, 0.2) is 0 Å². The second-order valence-electron chi connectivity index (χ2n) is 9.06. The summed E-state index contributed by atoms with van der Waals surface area (Å²) in [5, 5.41) is 31.7. The van der Waals surface area contributed by atoms with Gasteiger partial charge in [0.05, 0.1) is 18.3 Å². The fourth-order valence-electron chi connectivity index (χ4n) is 6.71. The van der Waals surface area contributed by atoms with E-state index in [4.69, 9.17) is 0 Å². The highest BCUT2D eigenvalue weighted by molar-refractivity contribution is 9.09. The number of alkyl halides is 1. The average Bonchev–Trinajstić information content (AvgIpc) is 2.73. The molecule has 1 unspecified atom stereocenters. The third-order valence-corrected chi connectivity index (χ3v) is 8.99. The maximum absolute atomic E-state index is 11.0. The van der Waals surface area contributed by atoms with Gasteiger partial charge >= 0.3 is 0 Å². The summed E-state index contributed by atoms with van der Waals surface area (Å²) in [5.41, 5.74) is 0.0111. The zero-order chi connectivity index (χ0) is 16.6. The van der Waals surface area contributed by atoms with E-state index >= 15 is 0 Å². The van der Waals surface area contributed by atoms with Gasteiger partial charge in [-0.3, -0.25) is 0 Å². The third-order valence-electron chi connectivity index (χ3n) is 8.12. The lowest BCUT2D eigenvalue weighted by Crippen LogP contribution is -2.57. The van der Waals surface area contributed by atoms with E-state index in [1.807, 2.05) is 6.08 Å². The number of halogens is 1. The van der Waals surface area contributed by atoms with Crippen molar-refractivity contribution in [2.75, 3.05) is 0 Å². The van der Waals surface area contributed by atoms with Gasteiger partial charge in [-0.05, 0) is 66.6 Å². The first kappa shape index (κ1) is 16.6. The maximum Gasteiger partial charge on any atom is 0.0724 e. The summed E-state index contributed by atoms with van der Waals surface area (Å²) < 4.78 is 0. The number of allylic oxidation sites excluding steroid dienone is 1. The van der Waals surface area contributed by atoms with Crippen molar-refractivity contribution in [1.29, 1.82) is 0 Å². The number of hydrogen-bond acceptors (Lipinski definition) is 3. The molecule has 0 heterocycles. The van der Waals surface area contributed by atoms with Gasteiger partial charge < -0.3 is 15.3 Å². The quantitative estimate of drug-likeness (QED) is 0.444. The molecule has 0 aliphatic heterocycles. The van der Waals surface area contributed by atoms with E-state index < -0.39 is 0 Å². The van der Waals surface area contributed by atoms with Gasteiger partial charge in [-0.25, -0.2) is 0 Å². The molecule has 4 aliphatic carbocycles. The highest BCUT2D eigenvalue weighted by Gasteiger charge is 2.63. The van der Waals surface area contributed by atoms with Gasteiger partial charge in [-0.15, -0.1) is 0 Å². The van der Waals surface area contributed by atoms with Crippen LogP contribution in [0.2, 0.25) is 0 Å². The Balaban J connectivity index is 1.72. The SMILES string of the molecule is C[C@]12CC[C@H]3[C@@H]([C@@H](O)CC4C[C@@H](O)C=C[C@@]43C)[C@@H]1C[C@@H](Br)[C@@H]2O. The van der Waals surface area contributed by atoms with Crippen LogP contribution in [0.3, 0.4) is 0 Å². The monoisotopic (exact) mass is 384 g/mol. The zero-order valence-corrected chi connectivity index (χ0v) is 15.6. The first-order valence-electron chi connectivity index (χ1n) is 9.15. The molecular formula is C19H29BrO3. The molecule has 3 nitrogen and oxygen atoms in total. The summed E-state index contributed by atoms with van der Waals surface area (Å²) in [6.45, 7) is 4.56. The molecule has 0 spiro atoms. The number of hydrogen-bond donors (Lipinski definition) is 3. The van der Waals surface area contributed by atoms with Gasteiger partial charge in [0, 0.05) is 4.83 Å². The van der Waals surface area contributed by atoms with Crippen LogP contribution in [0.15, 0.2) is 12.2 Å². The van der Waals surface area contributed by atoms with Crippen molar-refractivity contribution in [1.82, 2.24) is 0 Å².